The average Bonchev–Trinajstić information content (AvgIpc) is 3.30. The van der Waals surface area contributed by atoms with Crippen LogP contribution in [0.4, 0.5) is 4.39 Å². The van der Waals surface area contributed by atoms with E-state index in [-0.39, 0.29) is 6.04 Å². The average molecular weight is 466 g/mol. The van der Waals surface area contributed by atoms with Crippen molar-refractivity contribution in [3.8, 4) is 28.0 Å². The first kappa shape index (κ1) is 22.4. The second-order valence-electron chi connectivity index (χ2n) is 9.33. The van der Waals surface area contributed by atoms with Crippen LogP contribution in [0.1, 0.15) is 36.0 Å². The van der Waals surface area contributed by atoms with Crippen molar-refractivity contribution in [1.82, 2.24) is 5.32 Å². The Morgan fingerprint density at radius 2 is 1.82 bits per heavy atom. The lowest BCUT2D eigenvalue weighted by Crippen LogP contribution is -2.54. The zero-order chi connectivity index (χ0) is 23.0. The lowest BCUT2D eigenvalue weighted by molar-refractivity contribution is -0.0723. The van der Waals surface area contributed by atoms with Gasteiger partial charge in [-0.1, -0.05) is 60.1 Å². The SMILES string of the molecule is COc1cc(-c2cccc(-c3cccc4c3CCC4)c2Cl)ccc1CNC1CC(O)(CF)C1. The van der Waals surface area contributed by atoms with Crippen LogP contribution in [0.25, 0.3) is 22.3 Å². The number of nitrogens with one attached hydrogen (secondary N) is 1. The molecule has 3 nitrogen and oxygen atoms in total. The number of hydrogen-bond donors (Lipinski definition) is 2. The molecule has 0 radical (unpaired) electrons. The molecule has 1 saturated carbocycles. The van der Waals surface area contributed by atoms with Gasteiger partial charge >= 0.3 is 0 Å². The summed E-state index contributed by atoms with van der Waals surface area (Å²) in [5.74, 6) is 0.780. The molecule has 0 saturated heterocycles. The number of benzene rings is 3. The van der Waals surface area contributed by atoms with Crippen molar-refractivity contribution in [1.29, 1.82) is 0 Å². The van der Waals surface area contributed by atoms with Gasteiger partial charge in [-0.3, -0.25) is 0 Å². The van der Waals surface area contributed by atoms with Crippen molar-refractivity contribution >= 4 is 11.6 Å². The Hall–Kier alpha value is -2.40. The predicted octanol–water partition coefficient (Wildman–Crippen LogP) is 6.12. The molecule has 0 heterocycles. The number of ether oxygens (including phenoxy) is 1. The van der Waals surface area contributed by atoms with Gasteiger partial charge in [0.05, 0.1) is 17.7 Å². The molecular weight excluding hydrogens is 437 g/mol. The van der Waals surface area contributed by atoms with Gasteiger partial charge in [-0.25, -0.2) is 4.39 Å². The Labute approximate surface area is 199 Å². The third-order valence-corrected chi connectivity index (χ3v) is 7.52. The molecule has 3 aromatic rings. The first-order valence-corrected chi connectivity index (χ1v) is 12.0. The summed E-state index contributed by atoms with van der Waals surface area (Å²) in [4.78, 5) is 0. The highest BCUT2D eigenvalue weighted by atomic mass is 35.5. The fourth-order valence-electron chi connectivity index (χ4n) is 5.26. The van der Waals surface area contributed by atoms with Crippen LogP contribution in [0.2, 0.25) is 5.02 Å². The number of halogens is 2. The summed E-state index contributed by atoms with van der Waals surface area (Å²) >= 11 is 6.98. The fourth-order valence-corrected chi connectivity index (χ4v) is 5.60. The van der Waals surface area contributed by atoms with E-state index in [0.29, 0.717) is 19.4 Å². The third kappa shape index (κ3) is 4.28. The Bertz CT molecular complexity index is 1170. The molecular formula is C28H29ClFNO2. The zero-order valence-corrected chi connectivity index (χ0v) is 19.6. The van der Waals surface area contributed by atoms with E-state index in [9.17, 15) is 9.50 Å². The number of methoxy groups -OCH3 is 1. The number of rotatable bonds is 7. The Kier molecular flexibility index (Phi) is 6.17. The molecule has 2 aliphatic carbocycles. The van der Waals surface area contributed by atoms with Gasteiger partial charge in [0.1, 0.15) is 12.4 Å². The van der Waals surface area contributed by atoms with Gasteiger partial charge < -0.3 is 15.2 Å². The van der Waals surface area contributed by atoms with E-state index in [2.05, 4.69) is 41.7 Å². The maximum absolute atomic E-state index is 12.8. The van der Waals surface area contributed by atoms with Crippen molar-refractivity contribution in [2.75, 3.05) is 13.8 Å². The van der Waals surface area contributed by atoms with Crippen LogP contribution in [0.5, 0.6) is 5.75 Å². The van der Waals surface area contributed by atoms with Crippen molar-refractivity contribution in [2.24, 2.45) is 0 Å². The maximum Gasteiger partial charge on any atom is 0.123 e. The van der Waals surface area contributed by atoms with Crippen LogP contribution in [-0.2, 0) is 19.4 Å². The third-order valence-electron chi connectivity index (χ3n) is 7.12. The van der Waals surface area contributed by atoms with Crippen LogP contribution in [0, 0.1) is 0 Å². The number of alkyl halides is 1. The summed E-state index contributed by atoms with van der Waals surface area (Å²) in [7, 11) is 1.67. The highest BCUT2D eigenvalue weighted by Gasteiger charge is 2.42. The smallest absolute Gasteiger partial charge is 0.123 e. The second kappa shape index (κ2) is 9.09. The largest absolute Gasteiger partial charge is 0.496 e. The van der Waals surface area contributed by atoms with Crippen LogP contribution in [0.15, 0.2) is 54.6 Å². The molecule has 2 N–H and O–H groups in total. The molecule has 0 bridgehead atoms. The minimum Gasteiger partial charge on any atom is -0.496 e. The summed E-state index contributed by atoms with van der Waals surface area (Å²) in [6.45, 7) is -0.0881. The number of hydrogen-bond acceptors (Lipinski definition) is 3. The van der Waals surface area contributed by atoms with Crippen molar-refractivity contribution in [2.45, 2.75) is 50.3 Å². The molecule has 0 spiro atoms. The Morgan fingerprint density at radius 3 is 2.61 bits per heavy atom. The topological polar surface area (TPSA) is 41.5 Å². The quantitative estimate of drug-likeness (QED) is 0.441. The van der Waals surface area contributed by atoms with Crippen LogP contribution >= 0.6 is 11.6 Å². The fraction of sp³-hybridized carbons (Fsp3) is 0.357. The van der Waals surface area contributed by atoms with E-state index in [1.807, 2.05) is 18.2 Å². The van der Waals surface area contributed by atoms with Crippen molar-refractivity contribution in [3.05, 3.63) is 76.3 Å². The van der Waals surface area contributed by atoms with E-state index >= 15 is 0 Å². The number of aryl methyl sites for hydroxylation is 1. The minimum atomic E-state index is -1.15. The van der Waals surface area contributed by atoms with Crippen LogP contribution in [-0.4, -0.2) is 30.5 Å². The van der Waals surface area contributed by atoms with Crippen LogP contribution in [0.3, 0.4) is 0 Å². The summed E-state index contributed by atoms with van der Waals surface area (Å²) in [5.41, 5.74) is 7.02. The normalized spacial score (nSPS) is 21.5. The Balaban J connectivity index is 1.40. The first-order chi connectivity index (χ1) is 16.0. The molecule has 0 unspecified atom stereocenters. The van der Waals surface area contributed by atoms with Crippen LogP contribution < -0.4 is 10.1 Å². The maximum atomic E-state index is 12.8. The molecule has 0 amide bonds. The second-order valence-corrected chi connectivity index (χ2v) is 9.71. The molecule has 5 heteroatoms. The van der Waals surface area contributed by atoms with E-state index in [1.54, 1.807) is 7.11 Å². The molecule has 3 aromatic carbocycles. The van der Waals surface area contributed by atoms with Gasteiger partial charge in [-0.2, -0.15) is 0 Å². The van der Waals surface area contributed by atoms with Crippen molar-refractivity contribution < 1.29 is 14.2 Å². The summed E-state index contributed by atoms with van der Waals surface area (Å²) in [6, 6.07) is 19.0. The molecule has 5 rings (SSSR count). The Morgan fingerprint density at radius 1 is 1.06 bits per heavy atom. The standard InChI is InChI=1S/C28H29ClFNO2/c1-33-26-13-19(11-12-20(26)16-31-21-14-28(32,15-21)17-30)23-8-4-10-25(27(23)29)24-9-3-6-18-5-2-7-22(18)24/h3-4,6,8-13,21,31-32H,2,5,7,14-17H2,1H3. The van der Waals surface area contributed by atoms with E-state index in [0.717, 1.165) is 45.9 Å². The van der Waals surface area contributed by atoms with Gasteiger partial charge in [-0.15, -0.1) is 0 Å². The van der Waals surface area contributed by atoms with Gasteiger partial charge in [0.25, 0.3) is 0 Å². The molecule has 172 valence electrons. The lowest BCUT2D eigenvalue weighted by Gasteiger charge is -2.42. The predicted molar refractivity (Wildman–Crippen MR) is 132 cm³/mol. The number of fused-ring (bicyclic) bond motifs is 1. The molecule has 1 fully saturated rings. The van der Waals surface area contributed by atoms with Crippen molar-refractivity contribution in [3.63, 3.8) is 0 Å². The molecule has 0 atom stereocenters. The zero-order valence-electron chi connectivity index (χ0n) is 18.8. The molecule has 2 aliphatic rings. The first-order valence-electron chi connectivity index (χ1n) is 11.6. The van der Waals surface area contributed by atoms with Gasteiger partial charge in [0, 0.05) is 29.3 Å². The van der Waals surface area contributed by atoms with E-state index in [4.69, 9.17) is 16.3 Å². The lowest BCUT2D eigenvalue weighted by atomic mass is 9.76. The number of aliphatic hydroxyl groups is 1. The monoisotopic (exact) mass is 465 g/mol. The summed E-state index contributed by atoms with van der Waals surface area (Å²) in [6.07, 6.45) is 4.32. The van der Waals surface area contributed by atoms with E-state index in [1.165, 1.54) is 23.1 Å². The minimum absolute atomic E-state index is 0.119. The van der Waals surface area contributed by atoms with E-state index < -0.39 is 12.3 Å². The van der Waals surface area contributed by atoms with Gasteiger partial charge in [0.15, 0.2) is 0 Å². The van der Waals surface area contributed by atoms with Gasteiger partial charge in [-0.05, 0) is 60.4 Å². The highest BCUT2D eigenvalue weighted by Crippen LogP contribution is 2.41. The molecule has 0 aliphatic heterocycles. The molecule has 0 aromatic heterocycles. The summed E-state index contributed by atoms with van der Waals surface area (Å²) in [5, 5.41) is 14.0. The molecule has 33 heavy (non-hydrogen) atoms. The highest BCUT2D eigenvalue weighted by molar-refractivity contribution is 6.36. The van der Waals surface area contributed by atoms with Gasteiger partial charge in [0.2, 0.25) is 0 Å². The summed E-state index contributed by atoms with van der Waals surface area (Å²) < 4.78 is 18.5.